The minimum absolute atomic E-state index is 0.0920. The predicted molar refractivity (Wildman–Crippen MR) is 104 cm³/mol. The van der Waals surface area contributed by atoms with E-state index in [1.807, 2.05) is 19.9 Å². The Morgan fingerprint density at radius 2 is 1.93 bits per heavy atom. The molecule has 0 bridgehead atoms. The zero-order valence-electron chi connectivity index (χ0n) is 16.0. The van der Waals surface area contributed by atoms with Crippen molar-refractivity contribution in [1.82, 2.24) is 20.2 Å². The molecule has 0 spiro atoms. The number of nitrogens with one attached hydrogen (secondary N) is 1. The first-order valence-electron chi connectivity index (χ1n) is 8.99. The van der Waals surface area contributed by atoms with Gasteiger partial charge in [0.1, 0.15) is 5.75 Å². The van der Waals surface area contributed by atoms with Gasteiger partial charge < -0.3 is 10.1 Å². The van der Waals surface area contributed by atoms with Crippen LogP contribution in [0.4, 0.5) is 5.69 Å². The van der Waals surface area contributed by atoms with E-state index in [1.165, 1.54) is 11.7 Å². The van der Waals surface area contributed by atoms with Gasteiger partial charge in [0.15, 0.2) is 5.78 Å². The van der Waals surface area contributed by atoms with Crippen molar-refractivity contribution in [2.24, 2.45) is 0 Å². The third-order valence-corrected chi connectivity index (χ3v) is 4.05. The molecule has 0 unspecified atom stereocenters. The number of carbonyl (C=O) groups is 2. The van der Waals surface area contributed by atoms with Crippen LogP contribution in [0.3, 0.4) is 0 Å². The predicted octanol–water partition coefficient (Wildman–Crippen LogP) is 3.21. The van der Waals surface area contributed by atoms with Crippen LogP contribution in [0.1, 0.15) is 41.5 Å². The molecule has 0 saturated heterocycles. The summed E-state index contributed by atoms with van der Waals surface area (Å²) in [5.41, 5.74) is 2.06. The Bertz CT molecular complexity index is 1010. The fraction of sp³-hybridized carbons (Fsp3) is 0.250. The Morgan fingerprint density at radius 3 is 2.61 bits per heavy atom. The summed E-state index contributed by atoms with van der Waals surface area (Å²) in [5.74, 6) is 0.534. The van der Waals surface area contributed by atoms with Crippen LogP contribution < -0.4 is 10.1 Å². The zero-order chi connectivity index (χ0) is 20.1. The molecule has 0 radical (unpaired) electrons. The van der Waals surface area contributed by atoms with Crippen molar-refractivity contribution in [2.75, 3.05) is 11.9 Å². The highest BCUT2D eigenvalue weighted by Crippen LogP contribution is 2.27. The normalized spacial score (nSPS) is 10.5. The van der Waals surface area contributed by atoms with Crippen LogP contribution in [0, 0.1) is 0 Å². The van der Waals surface area contributed by atoms with E-state index < -0.39 is 0 Å². The fourth-order valence-corrected chi connectivity index (χ4v) is 2.61. The smallest absolute Gasteiger partial charge is 0.255 e. The summed E-state index contributed by atoms with van der Waals surface area (Å²) in [7, 11) is 0. The minimum atomic E-state index is -0.327. The molecule has 144 valence electrons. The van der Waals surface area contributed by atoms with Crippen molar-refractivity contribution in [1.29, 1.82) is 0 Å². The molecule has 3 rings (SSSR count). The SMILES string of the molecule is CCOc1ccc(C(C)=O)cc1NC(=O)c1cccc(-c2nnn(CC)n2)c1. The first-order valence-corrected chi connectivity index (χ1v) is 8.99. The number of anilines is 1. The van der Waals surface area contributed by atoms with Crippen LogP contribution in [-0.4, -0.2) is 38.5 Å². The number of aryl methyl sites for hydroxylation is 1. The lowest BCUT2D eigenvalue weighted by molar-refractivity contribution is 0.101. The van der Waals surface area contributed by atoms with Crippen molar-refractivity contribution in [3.05, 3.63) is 53.6 Å². The standard InChI is InChI=1S/C20H21N5O3/c1-4-25-23-19(22-24-25)15-7-6-8-16(11-15)20(27)21-17-12-14(13(3)26)9-10-18(17)28-5-2/h6-12H,4-5H2,1-3H3,(H,21,27). The number of ether oxygens (including phenoxy) is 1. The highest BCUT2D eigenvalue weighted by atomic mass is 16.5. The number of amides is 1. The molecule has 3 aromatic rings. The first kappa shape index (κ1) is 19.2. The highest BCUT2D eigenvalue weighted by Gasteiger charge is 2.14. The molecular formula is C20H21N5O3. The maximum absolute atomic E-state index is 12.8. The molecule has 0 atom stereocenters. The third-order valence-electron chi connectivity index (χ3n) is 4.05. The van der Waals surface area contributed by atoms with Gasteiger partial charge >= 0.3 is 0 Å². The van der Waals surface area contributed by atoms with E-state index in [9.17, 15) is 9.59 Å². The van der Waals surface area contributed by atoms with Crippen LogP contribution in [0.2, 0.25) is 0 Å². The van der Waals surface area contributed by atoms with Gasteiger partial charge in [-0.25, -0.2) is 0 Å². The number of tetrazole rings is 1. The van der Waals surface area contributed by atoms with Gasteiger partial charge in [-0.2, -0.15) is 4.80 Å². The Labute approximate surface area is 162 Å². The second-order valence-corrected chi connectivity index (χ2v) is 6.04. The zero-order valence-corrected chi connectivity index (χ0v) is 16.0. The molecule has 0 aliphatic rings. The van der Waals surface area contributed by atoms with E-state index in [0.29, 0.717) is 47.1 Å². The van der Waals surface area contributed by atoms with Gasteiger partial charge in [0.25, 0.3) is 5.91 Å². The number of ketones is 1. The summed E-state index contributed by atoms with van der Waals surface area (Å²) in [5, 5.41) is 15.0. The highest BCUT2D eigenvalue weighted by molar-refractivity contribution is 6.06. The van der Waals surface area contributed by atoms with Crippen LogP contribution >= 0.6 is 0 Å². The number of carbonyl (C=O) groups excluding carboxylic acids is 2. The Morgan fingerprint density at radius 1 is 1.11 bits per heavy atom. The quantitative estimate of drug-likeness (QED) is 0.633. The van der Waals surface area contributed by atoms with Crippen LogP contribution in [-0.2, 0) is 6.54 Å². The van der Waals surface area contributed by atoms with Gasteiger partial charge in [0.2, 0.25) is 5.82 Å². The number of Topliss-reactive ketones (excluding diaryl/α,β-unsaturated/α-hetero) is 1. The number of hydrogen-bond donors (Lipinski definition) is 1. The molecular weight excluding hydrogens is 358 g/mol. The number of rotatable bonds is 7. The average Bonchev–Trinajstić information content (AvgIpc) is 3.19. The van der Waals surface area contributed by atoms with E-state index in [0.717, 1.165) is 0 Å². The van der Waals surface area contributed by atoms with Crippen molar-refractivity contribution >= 4 is 17.4 Å². The molecule has 28 heavy (non-hydrogen) atoms. The molecule has 1 aromatic heterocycles. The molecule has 8 nitrogen and oxygen atoms in total. The lowest BCUT2D eigenvalue weighted by atomic mass is 10.1. The van der Waals surface area contributed by atoms with E-state index in [4.69, 9.17) is 4.74 Å². The summed E-state index contributed by atoms with van der Waals surface area (Å²) >= 11 is 0. The minimum Gasteiger partial charge on any atom is -0.492 e. The monoisotopic (exact) mass is 379 g/mol. The third kappa shape index (κ3) is 4.22. The molecule has 1 amide bonds. The maximum Gasteiger partial charge on any atom is 0.255 e. The van der Waals surface area contributed by atoms with Gasteiger partial charge in [-0.05, 0) is 56.3 Å². The lowest BCUT2D eigenvalue weighted by Gasteiger charge is -2.13. The maximum atomic E-state index is 12.8. The Hall–Kier alpha value is -3.55. The summed E-state index contributed by atoms with van der Waals surface area (Å²) in [4.78, 5) is 25.9. The van der Waals surface area contributed by atoms with Gasteiger partial charge in [-0.15, -0.1) is 10.2 Å². The molecule has 8 heteroatoms. The molecule has 2 aromatic carbocycles. The fourth-order valence-electron chi connectivity index (χ4n) is 2.61. The van der Waals surface area contributed by atoms with Gasteiger partial charge in [0.05, 0.1) is 18.8 Å². The van der Waals surface area contributed by atoms with E-state index >= 15 is 0 Å². The lowest BCUT2D eigenvalue weighted by Crippen LogP contribution is -2.13. The molecule has 0 aliphatic heterocycles. The van der Waals surface area contributed by atoms with Crippen molar-refractivity contribution < 1.29 is 14.3 Å². The number of hydrogen-bond acceptors (Lipinski definition) is 6. The second-order valence-electron chi connectivity index (χ2n) is 6.04. The number of benzene rings is 2. The summed E-state index contributed by atoms with van der Waals surface area (Å²) in [6, 6.07) is 11.9. The molecule has 0 saturated carbocycles. The van der Waals surface area contributed by atoms with E-state index in [1.54, 1.807) is 36.4 Å². The van der Waals surface area contributed by atoms with Crippen LogP contribution in [0.5, 0.6) is 5.75 Å². The Balaban J connectivity index is 1.88. The number of nitrogens with zero attached hydrogens (tertiary/aromatic N) is 4. The molecule has 1 N–H and O–H groups in total. The molecule has 0 fully saturated rings. The summed E-state index contributed by atoms with van der Waals surface area (Å²) < 4.78 is 5.56. The van der Waals surface area contributed by atoms with Crippen molar-refractivity contribution in [2.45, 2.75) is 27.3 Å². The molecule has 0 aliphatic carbocycles. The van der Waals surface area contributed by atoms with E-state index in [2.05, 4.69) is 20.7 Å². The van der Waals surface area contributed by atoms with Crippen molar-refractivity contribution in [3.8, 4) is 17.1 Å². The van der Waals surface area contributed by atoms with Gasteiger partial charge in [-0.3, -0.25) is 9.59 Å². The largest absolute Gasteiger partial charge is 0.492 e. The van der Waals surface area contributed by atoms with Gasteiger partial charge in [-0.1, -0.05) is 12.1 Å². The molecule has 1 heterocycles. The van der Waals surface area contributed by atoms with E-state index in [-0.39, 0.29) is 11.7 Å². The summed E-state index contributed by atoms with van der Waals surface area (Å²) in [6.45, 7) is 6.29. The topological polar surface area (TPSA) is 99.0 Å². The van der Waals surface area contributed by atoms with Crippen LogP contribution in [0.25, 0.3) is 11.4 Å². The summed E-state index contributed by atoms with van der Waals surface area (Å²) in [6.07, 6.45) is 0. The first-order chi connectivity index (χ1) is 13.5. The second kappa shape index (κ2) is 8.43. The average molecular weight is 379 g/mol. The van der Waals surface area contributed by atoms with Crippen molar-refractivity contribution in [3.63, 3.8) is 0 Å². The van der Waals surface area contributed by atoms with Gasteiger partial charge in [0, 0.05) is 16.7 Å². The van der Waals surface area contributed by atoms with Crippen LogP contribution in [0.15, 0.2) is 42.5 Å². The Kier molecular flexibility index (Phi) is 5.78. The number of aromatic nitrogens is 4.